The highest BCUT2D eigenvalue weighted by molar-refractivity contribution is 6.30. The molecule has 0 spiro atoms. The summed E-state index contributed by atoms with van der Waals surface area (Å²) < 4.78 is 0. The zero-order valence-electron chi connectivity index (χ0n) is 17.2. The Morgan fingerprint density at radius 3 is 2.60 bits per heavy atom. The maximum absolute atomic E-state index is 12.8. The summed E-state index contributed by atoms with van der Waals surface area (Å²) >= 11 is 5.83. The summed E-state index contributed by atoms with van der Waals surface area (Å²) in [4.78, 5) is 37.0. The number of carbonyl (C=O) groups excluding carboxylic acids is 2. The molecule has 30 heavy (non-hydrogen) atoms. The lowest BCUT2D eigenvalue weighted by Gasteiger charge is -2.17. The molecule has 3 rings (SSSR count). The number of hydrogen-bond acceptors (Lipinski definition) is 5. The van der Waals surface area contributed by atoms with Crippen LogP contribution in [0, 0.1) is 5.92 Å². The van der Waals surface area contributed by atoms with Gasteiger partial charge in [-0.15, -0.1) is 0 Å². The van der Waals surface area contributed by atoms with E-state index < -0.39 is 0 Å². The number of halogens is 1. The summed E-state index contributed by atoms with van der Waals surface area (Å²) in [5, 5.41) is 3.32. The van der Waals surface area contributed by atoms with Crippen molar-refractivity contribution in [2.45, 2.75) is 12.8 Å². The van der Waals surface area contributed by atoms with E-state index in [1.165, 1.54) is 6.08 Å². The molecule has 1 aromatic heterocycles. The molecule has 2 heterocycles. The minimum Gasteiger partial charge on any atom is -0.338 e. The van der Waals surface area contributed by atoms with Gasteiger partial charge in [0.1, 0.15) is 5.82 Å². The van der Waals surface area contributed by atoms with E-state index in [0.717, 1.165) is 18.7 Å². The van der Waals surface area contributed by atoms with Crippen LogP contribution in [0.5, 0.6) is 0 Å². The Kier molecular flexibility index (Phi) is 7.54. The third-order valence-electron chi connectivity index (χ3n) is 4.86. The number of nitrogens with zero attached hydrogens (tertiary/aromatic N) is 4. The first-order valence-electron chi connectivity index (χ1n) is 9.88. The number of benzene rings is 1. The van der Waals surface area contributed by atoms with E-state index in [1.807, 2.05) is 23.9 Å². The summed E-state index contributed by atoms with van der Waals surface area (Å²) in [5.74, 6) is 0.891. The summed E-state index contributed by atoms with van der Waals surface area (Å²) in [7, 11) is 3.87. The Labute approximate surface area is 181 Å². The molecule has 0 aliphatic carbocycles. The lowest BCUT2D eigenvalue weighted by molar-refractivity contribution is -0.111. The molecule has 158 valence electrons. The van der Waals surface area contributed by atoms with E-state index in [2.05, 4.69) is 15.3 Å². The molecule has 1 N–H and O–H groups in total. The third kappa shape index (κ3) is 6.37. The third-order valence-corrected chi connectivity index (χ3v) is 5.05. The van der Waals surface area contributed by atoms with Gasteiger partial charge < -0.3 is 15.1 Å². The Hall–Kier alpha value is -2.77. The van der Waals surface area contributed by atoms with Gasteiger partial charge in [0.15, 0.2) is 0 Å². The summed E-state index contributed by atoms with van der Waals surface area (Å²) in [6.45, 7) is 2.09. The van der Waals surface area contributed by atoms with Crippen molar-refractivity contribution in [3.8, 4) is 0 Å². The first-order chi connectivity index (χ1) is 14.4. The minimum atomic E-state index is -0.192. The van der Waals surface area contributed by atoms with Gasteiger partial charge in [-0.2, -0.15) is 0 Å². The smallest absolute Gasteiger partial charge is 0.253 e. The molecule has 0 saturated carbocycles. The fourth-order valence-corrected chi connectivity index (χ4v) is 3.42. The maximum atomic E-state index is 12.8. The Morgan fingerprint density at radius 2 is 1.93 bits per heavy atom. The molecular formula is C22H26ClN5O2. The van der Waals surface area contributed by atoms with Crippen molar-refractivity contribution in [3.05, 3.63) is 65.2 Å². The molecule has 1 aliphatic rings. The Morgan fingerprint density at radius 1 is 1.23 bits per heavy atom. The van der Waals surface area contributed by atoms with E-state index in [0.29, 0.717) is 41.8 Å². The van der Waals surface area contributed by atoms with E-state index >= 15 is 0 Å². The molecule has 1 aliphatic heterocycles. The molecule has 0 unspecified atom stereocenters. The number of amides is 2. The van der Waals surface area contributed by atoms with Crippen molar-refractivity contribution in [3.63, 3.8) is 0 Å². The number of likely N-dealkylation sites (tertiary alicyclic amines) is 1. The molecule has 1 atom stereocenters. The summed E-state index contributed by atoms with van der Waals surface area (Å²) in [6.07, 6.45) is 8.15. The van der Waals surface area contributed by atoms with E-state index in [1.54, 1.807) is 42.7 Å². The second-order valence-electron chi connectivity index (χ2n) is 7.66. The van der Waals surface area contributed by atoms with Gasteiger partial charge in [0.2, 0.25) is 5.91 Å². The highest BCUT2D eigenvalue weighted by atomic mass is 35.5. The van der Waals surface area contributed by atoms with Crippen LogP contribution < -0.4 is 5.32 Å². The lowest BCUT2D eigenvalue weighted by atomic mass is 10.0. The molecule has 8 heteroatoms. The van der Waals surface area contributed by atoms with Gasteiger partial charge >= 0.3 is 0 Å². The predicted molar refractivity (Wildman–Crippen MR) is 118 cm³/mol. The van der Waals surface area contributed by atoms with E-state index in [9.17, 15) is 9.59 Å². The molecule has 2 aromatic rings. The van der Waals surface area contributed by atoms with Crippen molar-refractivity contribution in [1.82, 2.24) is 19.8 Å². The fourth-order valence-electron chi connectivity index (χ4n) is 3.32. The largest absolute Gasteiger partial charge is 0.338 e. The van der Waals surface area contributed by atoms with Crippen LogP contribution in [0.25, 0.3) is 0 Å². The molecule has 7 nitrogen and oxygen atoms in total. The second kappa shape index (κ2) is 10.3. The SMILES string of the molecule is CN(C)C/C=C/C(=O)Nc1ccc(C(=O)N2CC[C@@H](Cc3ncc(Cl)cn3)C2)cc1. The minimum absolute atomic E-state index is 0.00159. The molecule has 1 fully saturated rings. The molecule has 1 saturated heterocycles. The zero-order valence-corrected chi connectivity index (χ0v) is 18.0. The number of anilines is 1. The normalized spacial score (nSPS) is 16.4. The van der Waals surface area contributed by atoms with Gasteiger partial charge in [0.25, 0.3) is 5.91 Å². The summed E-state index contributed by atoms with van der Waals surface area (Å²) in [6, 6.07) is 6.99. The second-order valence-corrected chi connectivity index (χ2v) is 8.10. The first-order valence-corrected chi connectivity index (χ1v) is 10.3. The van der Waals surface area contributed by atoms with Crippen LogP contribution in [0.1, 0.15) is 22.6 Å². The highest BCUT2D eigenvalue weighted by Crippen LogP contribution is 2.22. The number of hydrogen-bond donors (Lipinski definition) is 1. The van der Waals surface area contributed by atoms with Crippen molar-refractivity contribution >= 4 is 29.1 Å². The van der Waals surface area contributed by atoms with Crippen LogP contribution in [0.4, 0.5) is 5.69 Å². The van der Waals surface area contributed by atoms with Gasteiger partial charge in [-0.05, 0) is 50.7 Å². The van der Waals surface area contributed by atoms with E-state index in [4.69, 9.17) is 11.6 Å². The molecule has 2 amide bonds. The first kappa shape index (κ1) is 21.9. The maximum Gasteiger partial charge on any atom is 0.253 e. The molecule has 0 radical (unpaired) electrons. The van der Waals surface area contributed by atoms with Gasteiger partial charge in [-0.25, -0.2) is 9.97 Å². The number of carbonyl (C=O) groups is 2. The number of likely N-dealkylation sites (N-methyl/N-ethyl adjacent to an activating group) is 1. The highest BCUT2D eigenvalue weighted by Gasteiger charge is 2.27. The van der Waals surface area contributed by atoms with Crippen molar-refractivity contribution in [2.75, 3.05) is 39.0 Å². The lowest BCUT2D eigenvalue weighted by Crippen LogP contribution is -2.29. The number of aromatic nitrogens is 2. The van der Waals surface area contributed by atoms with Gasteiger partial charge in [-0.3, -0.25) is 9.59 Å². The fraction of sp³-hybridized carbons (Fsp3) is 0.364. The monoisotopic (exact) mass is 427 g/mol. The average molecular weight is 428 g/mol. The van der Waals surface area contributed by atoms with Crippen molar-refractivity contribution in [1.29, 1.82) is 0 Å². The van der Waals surface area contributed by atoms with Crippen LogP contribution in [-0.4, -0.2) is 65.3 Å². The Balaban J connectivity index is 1.51. The molecular weight excluding hydrogens is 402 g/mol. The van der Waals surface area contributed by atoms with Gasteiger partial charge in [-0.1, -0.05) is 17.7 Å². The quantitative estimate of drug-likeness (QED) is 0.687. The molecule has 0 bridgehead atoms. The zero-order chi connectivity index (χ0) is 21.5. The predicted octanol–water partition coefficient (Wildman–Crippen LogP) is 2.89. The van der Waals surface area contributed by atoms with Crippen LogP contribution in [0.3, 0.4) is 0 Å². The van der Waals surface area contributed by atoms with Crippen molar-refractivity contribution < 1.29 is 9.59 Å². The van der Waals surface area contributed by atoms with Crippen LogP contribution >= 0.6 is 11.6 Å². The molecule has 1 aromatic carbocycles. The summed E-state index contributed by atoms with van der Waals surface area (Å²) in [5.41, 5.74) is 1.27. The topological polar surface area (TPSA) is 78.4 Å². The van der Waals surface area contributed by atoms with Gasteiger partial charge in [0, 0.05) is 55.8 Å². The average Bonchev–Trinajstić information content (AvgIpc) is 3.18. The van der Waals surface area contributed by atoms with E-state index in [-0.39, 0.29) is 11.8 Å². The number of rotatable bonds is 7. The van der Waals surface area contributed by atoms with Crippen LogP contribution in [0.2, 0.25) is 5.02 Å². The Bertz CT molecular complexity index is 897. The number of nitrogens with one attached hydrogen (secondary N) is 1. The standard InChI is InChI=1S/C22H26ClN5O2/c1-27(2)10-3-4-21(29)26-19-7-5-17(6-8-19)22(30)28-11-9-16(15-28)12-20-24-13-18(23)14-25-20/h3-8,13-14,16H,9-12,15H2,1-2H3,(H,26,29)/b4-3+/t16-/m0/s1. The van der Waals surface area contributed by atoms with Crippen LogP contribution in [0.15, 0.2) is 48.8 Å². The van der Waals surface area contributed by atoms with Gasteiger partial charge in [0.05, 0.1) is 5.02 Å². The van der Waals surface area contributed by atoms with Crippen LogP contribution in [-0.2, 0) is 11.2 Å². The van der Waals surface area contributed by atoms with Crippen molar-refractivity contribution in [2.24, 2.45) is 5.92 Å².